The maximum absolute atomic E-state index is 11.1. The van der Waals surface area contributed by atoms with Crippen LogP contribution < -0.4 is 5.73 Å². The summed E-state index contributed by atoms with van der Waals surface area (Å²) >= 11 is 0. The number of ketones is 1. The Labute approximate surface area is 79.1 Å². The first kappa shape index (κ1) is 10.1. The molecule has 0 amide bonds. The van der Waals surface area contributed by atoms with E-state index < -0.39 is 10.7 Å². The van der Waals surface area contributed by atoms with Gasteiger partial charge in [-0.15, -0.1) is 0 Å². The van der Waals surface area contributed by atoms with Gasteiger partial charge in [-0.25, -0.2) is 0 Å². The maximum atomic E-state index is 11.1. The predicted octanol–water partition coefficient (Wildman–Crippen LogP) is 0.442. The van der Waals surface area contributed by atoms with Gasteiger partial charge in [0.1, 0.15) is 5.75 Å². The van der Waals surface area contributed by atoms with Crippen LogP contribution in [0.4, 0.5) is 5.69 Å². The van der Waals surface area contributed by atoms with Gasteiger partial charge in [0, 0.05) is 12.1 Å². The molecule has 0 unspecified atom stereocenters. The Morgan fingerprint density at radius 3 is 2.71 bits per heavy atom. The zero-order valence-corrected chi connectivity index (χ0v) is 7.14. The predicted molar refractivity (Wildman–Crippen MR) is 48.1 cm³/mol. The molecule has 0 saturated carbocycles. The summed E-state index contributed by atoms with van der Waals surface area (Å²) < 4.78 is 0. The third-order valence-electron chi connectivity index (χ3n) is 1.68. The normalized spacial score (nSPS) is 9.79. The highest BCUT2D eigenvalue weighted by Gasteiger charge is 2.14. The first-order chi connectivity index (χ1) is 6.56. The number of nitrogens with two attached hydrogens (primary N) is 1. The average Bonchev–Trinajstić information content (AvgIpc) is 2.17. The number of rotatable bonds is 3. The number of Topliss-reactive ketones (excluding diaryl/α,β-unsaturated/α-hetero) is 1. The van der Waals surface area contributed by atoms with Crippen molar-refractivity contribution in [2.45, 2.75) is 0 Å². The van der Waals surface area contributed by atoms with Gasteiger partial charge in [-0.3, -0.25) is 14.9 Å². The SMILES string of the molecule is NCC(=O)c1cc([N+](=O)[O-])ccc1O. The molecule has 3 N–H and O–H groups in total. The molecule has 0 aliphatic rings. The Morgan fingerprint density at radius 1 is 1.57 bits per heavy atom. The third-order valence-corrected chi connectivity index (χ3v) is 1.68. The number of hydrogen-bond acceptors (Lipinski definition) is 5. The van der Waals surface area contributed by atoms with Gasteiger partial charge in [-0.05, 0) is 6.07 Å². The van der Waals surface area contributed by atoms with E-state index in [1.54, 1.807) is 0 Å². The van der Waals surface area contributed by atoms with Crippen molar-refractivity contribution in [2.75, 3.05) is 6.54 Å². The topological polar surface area (TPSA) is 106 Å². The fraction of sp³-hybridized carbons (Fsp3) is 0.125. The van der Waals surface area contributed by atoms with Crippen molar-refractivity contribution in [3.8, 4) is 5.75 Å². The molecule has 0 aliphatic carbocycles. The third kappa shape index (κ3) is 1.86. The smallest absolute Gasteiger partial charge is 0.270 e. The van der Waals surface area contributed by atoms with E-state index in [0.717, 1.165) is 18.2 Å². The van der Waals surface area contributed by atoms with Gasteiger partial charge >= 0.3 is 0 Å². The number of phenolic OH excluding ortho intramolecular Hbond substituents is 1. The minimum absolute atomic E-state index is 0.123. The van der Waals surface area contributed by atoms with Crippen LogP contribution in [0.2, 0.25) is 0 Å². The van der Waals surface area contributed by atoms with Crippen molar-refractivity contribution in [2.24, 2.45) is 5.73 Å². The monoisotopic (exact) mass is 196 g/mol. The van der Waals surface area contributed by atoms with E-state index in [4.69, 9.17) is 5.73 Å². The standard InChI is InChI=1S/C8H8N2O4/c9-4-8(12)6-3-5(10(13)14)1-2-7(6)11/h1-3,11H,4,9H2. The quantitative estimate of drug-likeness (QED) is 0.414. The fourth-order valence-corrected chi connectivity index (χ4v) is 0.971. The molecule has 1 aromatic rings. The van der Waals surface area contributed by atoms with Crippen LogP contribution in [0.5, 0.6) is 5.75 Å². The molecule has 0 fully saturated rings. The van der Waals surface area contributed by atoms with Crippen LogP contribution in [0.25, 0.3) is 0 Å². The number of nitro benzene ring substituents is 1. The van der Waals surface area contributed by atoms with Crippen molar-refractivity contribution in [3.05, 3.63) is 33.9 Å². The number of nitro groups is 1. The fourth-order valence-electron chi connectivity index (χ4n) is 0.971. The van der Waals surface area contributed by atoms with E-state index in [9.17, 15) is 20.0 Å². The minimum Gasteiger partial charge on any atom is -0.507 e. The highest BCUT2D eigenvalue weighted by molar-refractivity contribution is 6.00. The minimum atomic E-state index is -0.646. The number of benzene rings is 1. The molecule has 0 atom stereocenters. The Bertz CT molecular complexity index is 389. The van der Waals surface area contributed by atoms with E-state index in [0.29, 0.717) is 0 Å². The Morgan fingerprint density at radius 2 is 2.21 bits per heavy atom. The van der Waals surface area contributed by atoms with Crippen LogP contribution in [-0.2, 0) is 0 Å². The molecule has 0 aliphatic heterocycles. The Kier molecular flexibility index (Phi) is 2.78. The molecular formula is C8H8N2O4. The van der Waals surface area contributed by atoms with Crippen molar-refractivity contribution >= 4 is 11.5 Å². The number of phenols is 1. The molecular weight excluding hydrogens is 188 g/mol. The molecule has 1 rings (SSSR count). The highest BCUT2D eigenvalue weighted by atomic mass is 16.6. The number of aromatic hydroxyl groups is 1. The molecule has 0 saturated heterocycles. The summed E-state index contributed by atoms with van der Waals surface area (Å²) in [6, 6.07) is 3.22. The number of non-ortho nitro benzene ring substituents is 1. The highest BCUT2D eigenvalue weighted by Crippen LogP contribution is 2.22. The van der Waals surface area contributed by atoms with Gasteiger partial charge in [0.2, 0.25) is 0 Å². The second-order valence-electron chi connectivity index (χ2n) is 2.59. The summed E-state index contributed by atoms with van der Waals surface area (Å²) in [5.74, 6) is -0.836. The number of carbonyl (C=O) groups excluding carboxylic acids is 1. The lowest BCUT2D eigenvalue weighted by atomic mass is 10.1. The van der Waals surface area contributed by atoms with Crippen LogP contribution in [0.1, 0.15) is 10.4 Å². The maximum Gasteiger partial charge on any atom is 0.270 e. The molecule has 0 aromatic heterocycles. The van der Waals surface area contributed by atoms with Crippen LogP contribution in [0, 0.1) is 10.1 Å². The van der Waals surface area contributed by atoms with Crippen molar-refractivity contribution in [1.82, 2.24) is 0 Å². The lowest BCUT2D eigenvalue weighted by molar-refractivity contribution is -0.384. The van der Waals surface area contributed by atoms with Gasteiger partial charge < -0.3 is 10.8 Å². The summed E-state index contributed by atoms with van der Waals surface area (Å²) in [5, 5.41) is 19.6. The van der Waals surface area contributed by atoms with Crippen LogP contribution in [0.15, 0.2) is 18.2 Å². The second-order valence-corrected chi connectivity index (χ2v) is 2.59. The molecule has 0 spiro atoms. The lowest BCUT2D eigenvalue weighted by Crippen LogP contribution is -2.13. The Hall–Kier alpha value is -1.95. The number of hydrogen-bond donors (Lipinski definition) is 2. The molecule has 6 nitrogen and oxygen atoms in total. The number of carbonyl (C=O) groups is 1. The molecule has 0 radical (unpaired) electrons. The lowest BCUT2D eigenvalue weighted by Gasteiger charge is -2.00. The summed E-state index contributed by atoms with van der Waals surface area (Å²) in [6.07, 6.45) is 0. The average molecular weight is 196 g/mol. The number of nitrogens with zero attached hydrogens (tertiary/aromatic N) is 1. The van der Waals surface area contributed by atoms with Crippen LogP contribution in [-0.4, -0.2) is 22.4 Å². The largest absolute Gasteiger partial charge is 0.507 e. The summed E-state index contributed by atoms with van der Waals surface area (Å²) in [5.41, 5.74) is 4.69. The zero-order chi connectivity index (χ0) is 10.7. The van der Waals surface area contributed by atoms with E-state index >= 15 is 0 Å². The van der Waals surface area contributed by atoms with Crippen molar-refractivity contribution in [1.29, 1.82) is 0 Å². The van der Waals surface area contributed by atoms with Crippen molar-refractivity contribution in [3.63, 3.8) is 0 Å². The van der Waals surface area contributed by atoms with Gasteiger partial charge in [-0.2, -0.15) is 0 Å². The molecule has 1 aromatic carbocycles. The van der Waals surface area contributed by atoms with Gasteiger partial charge in [-0.1, -0.05) is 0 Å². The molecule has 74 valence electrons. The first-order valence-corrected chi connectivity index (χ1v) is 3.77. The molecule has 6 heteroatoms. The van der Waals surface area contributed by atoms with E-state index in [1.807, 2.05) is 0 Å². The first-order valence-electron chi connectivity index (χ1n) is 3.77. The van der Waals surface area contributed by atoms with Gasteiger partial charge in [0.05, 0.1) is 17.0 Å². The summed E-state index contributed by atoms with van der Waals surface area (Å²) in [4.78, 5) is 20.8. The summed E-state index contributed by atoms with van der Waals surface area (Å²) in [6.45, 7) is -0.297. The summed E-state index contributed by atoms with van der Waals surface area (Å²) in [7, 11) is 0. The van der Waals surface area contributed by atoms with E-state index in [1.165, 1.54) is 0 Å². The van der Waals surface area contributed by atoms with Gasteiger partial charge in [0.25, 0.3) is 5.69 Å². The van der Waals surface area contributed by atoms with Crippen LogP contribution in [0.3, 0.4) is 0 Å². The molecule has 14 heavy (non-hydrogen) atoms. The second kappa shape index (κ2) is 3.84. The van der Waals surface area contributed by atoms with Crippen LogP contribution >= 0.6 is 0 Å². The van der Waals surface area contributed by atoms with E-state index in [-0.39, 0.29) is 23.5 Å². The zero-order valence-electron chi connectivity index (χ0n) is 7.14. The van der Waals surface area contributed by atoms with Crippen molar-refractivity contribution < 1.29 is 14.8 Å². The van der Waals surface area contributed by atoms with E-state index in [2.05, 4.69) is 0 Å². The van der Waals surface area contributed by atoms with Gasteiger partial charge in [0.15, 0.2) is 5.78 Å². The Balaban J connectivity index is 3.21. The molecule has 0 bridgehead atoms. The molecule has 0 heterocycles.